The Kier molecular flexibility index (Phi) is 3.26. The molecule has 1 aliphatic rings. The van der Waals surface area contributed by atoms with Crippen LogP contribution >= 0.6 is 0 Å². The molecule has 17 heavy (non-hydrogen) atoms. The minimum Gasteiger partial charge on any atom is -0.368 e. The van der Waals surface area contributed by atoms with Gasteiger partial charge in [-0.25, -0.2) is 0 Å². The first-order valence-electron chi connectivity index (χ1n) is 5.91. The van der Waals surface area contributed by atoms with E-state index >= 15 is 0 Å². The molecule has 1 saturated heterocycles. The molecule has 0 saturated carbocycles. The Morgan fingerprint density at radius 3 is 2.47 bits per heavy atom. The summed E-state index contributed by atoms with van der Waals surface area (Å²) in [5.74, 6) is 1.23. The molecule has 1 aliphatic heterocycles. The van der Waals surface area contributed by atoms with Gasteiger partial charge in [0.2, 0.25) is 0 Å². The second-order valence-corrected chi connectivity index (χ2v) is 4.98. The third-order valence-corrected chi connectivity index (χ3v) is 3.15. The Balaban J connectivity index is 2.14. The lowest BCUT2D eigenvalue weighted by molar-refractivity contribution is -0.389. The minimum absolute atomic E-state index is 0.0909. The van der Waals surface area contributed by atoms with E-state index < -0.39 is 4.92 Å². The van der Waals surface area contributed by atoms with Crippen LogP contribution in [0.15, 0.2) is 18.3 Å². The zero-order valence-electron chi connectivity index (χ0n) is 10.2. The Bertz CT molecular complexity index is 395. The number of piperidine rings is 1. The first-order valence-corrected chi connectivity index (χ1v) is 5.91. The van der Waals surface area contributed by atoms with E-state index in [1.165, 1.54) is 12.5 Å². The molecule has 0 amide bonds. The van der Waals surface area contributed by atoms with Gasteiger partial charge in [-0.15, -0.1) is 0 Å². The van der Waals surface area contributed by atoms with Crippen LogP contribution < -0.4 is 4.90 Å². The standard InChI is InChI=1S/C12H17N3O2/c1-9-5-10(2)8-14(7-9)11-3-4-12(13-6-11)15(16)17/h3-4,6,9-10H,5,7-8H2,1-2H3/t9-,10-/m1/s1. The van der Waals surface area contributed by atoms with Gasteiger partial charge in [-0.1, -0.05) is 13.8 Å². The molecule has 2 heterocycles. The average Bonchev–Trinajstić information content (AvgIpc) is 2.28. The van der Waals surface area contributed by atoms with E-state index in [0.29, 0.717) is 11.8 Å². The molecule has 0 aliphatic carbocycles. The topological polar surface area (TPSA) is 59.3 Å². The van der Waals surface area contributed by atoms with Gasteiger partial charge in [-0.3, -0.25) is 0 Å². The third-order valence-electron chi connectivity index (χ3n) is 3.15. The molecule has 92 valence electrons. The van der Waals surface area contributed by atoms with E-state index in [2.05, 4.69) is 23.7 Å². The highest BCUT2D eigenvalue weighted by atomic mass is 16.6. The summed E-state index contributed by atoms with van der Waals surface area (Å²) in [4.78, 5) is 16.2. The van der Waals surface area contributed by atoms with Crippen molar-refractivity contribution >= 4 is 11.5 Å². The predicted octanol–water partition coefficient (Wildman–Crippen LogP) is 2.47. The number of aromatic nitrogens is 1. The highest BCUT2D eigenvalue weighted by Gasteiger charge is 2.23. The summed E-state index contributed by atoms with van der Waals surface area (Å²) in [6, 6.07) is 3.26. The van der Waals surface area contributed by atoms with Crippen molar-refractivity contribution in [2.24, 2.45) is 11.8 Å². The van der Waals surface area contributed by atoms with Crippen LogP contribution in [0.25, 0.3) is 0 Å². The Morgan fingerprint density at radius 2 is 2.00 bits per heavy atom. The van der Waals surface area contributed by atoms with Crippen LogP contribution in [-0.2, 0) is 0 Å². The van der Waals surface area contributed by atoms with Gasteiger partial charge >= 0.3 is 5.82 Å². The first-order chi connectivity index (χ1) is 8.06. The van der Waals surface area contributed by atoms with E-state index in [1.807, 2.05) is 0 Å². The van der Waals surface area contributed by atoms with Gasteiger partial charge in [0, 0.05) is 19.2 Å². The minimum atomic E-state index is -0.467. The normalized spacial score (nSPS) is 24.7. The summed E-state index contributed by atoms with van der Waals surface area (Å²) < 4.78 is 0. The van der Waals surface area contributed by atoms with E-state index in [1.54, 1.807) is 12.3 Å². The van der Waals surface area contributed by atoms with Crippen LogP contribution in [-0.4, -0.2) is 23.0 Å². The molecule has 2 rings (SSSR count). The maximum Gasteiger partial charge on any atom is 0.363 e. The fourth-order valence-electron chi connectivity index (χ4n) is 2.55. The highest BCUT2D eigenvalue weighted by molar-refractivity contribution is 5.47. The molecule has 0 aromatic carbocycles. The number of pyridine rings is 1. The van der Waals surface area contributed by atoms with Gasteiger partial charge in [0.05, 0.1) is 5.69 Å². The van der Waals surface area contributed by atoms with E-state index in [-0.39, 0.29) is 5.82 Å². The zero-order valence-corrected chi connectivity index (χ0v) is 10.2. The molecule has 5 nitrogen and oxygen atoms in total. The Hall–Kier alpha value is -1.65. The molecule has 0 N–H and O–H groups in total. The summed E-state index contributed by atoms with van der Waals surface area (Å²) >= 11 is 0. The van der Waals surface area contributed by atoms with E-state index in [9.17, 15) is 10.1 Å². The molecule has 2 atom stereocenters. The largest absolute Gasteiger partial charge is 0.368 e. The van der Waals surface area contributed by atoms with Gasteiger partial charge in [0.1, 0.15) is 0 Å². The number of hydrogen-bond acceptors (Lipinski definition) is 4. The van der Waals surface area contributed by atoms with Crippen molar-refractivity contribution in [3.8, 4) is 0 Å². The second-order valence-electron chi connectivity index (χ2n) is 4.98. The smallest absolute Gasteiger partial charge is 0.363 e. The molecule has 0 radical (unpaired) electrons. The predicted molar refractivity (Wildman–Crippen MR) is 66.0 cm³/mol. The molecule has 1 aromatic heterocycles. The Morgan fingerprint density at radius 1 is 1.35 bits per heavy atom. The van der Waals surface area contributed by atoms with Crippen molar-refractivity contribution in [2.75, 3.05) is 18.0 Å². The SMILES string of the molecule is C[C@@H]1C[C@@H](C)CN(c2ccc([N+](=O)[O-])nc2)C1. The Labute approximate surface area is 101 Å². The van der Waals surface area contributed by atoms with Gasteiger partial charge in [0.25, 0.3) is 0 Å². The number of anilines is 1. The van der Waals surface area contributed by atoms with Gasteiger partial charge in [-0.2, -0.15) is 0 Å². The number of rotatable bonds is 2. The fourth-order valence-corrected chi connectivity index (χ4v) is 2.55. The van der Waals surface area contributed by atoms with Gasteiger partial charge in [-0.05, 0) is 34.2 Å². The number of hydrogen-bond donors (Lipinski definition) is 0. The zero-order chi connectivity index (χ0) is 12.4. The molecule has 0 bridgehead atoms. The number of nitrogens with zero attached hydrogens (tertiary/aromatic N) is 3. The average molecular weight is 235 g/mol. The third kappa shape index (κ3) is 2.72. The molecular weight excluding hydrogens is 218 g/mol. The van der Waals surface area contributed by atoms with Crippen molar-refractivity contribution in [1.82, 2.24) is 4.98 Å². The van der Waals surface area contributed by atoms with E-state index in [4.69, 9.17) is 0 Å². The quantitative estimate of drug-likeness (QED) is 0.583. The molecule has 0 spiro atoms. The van der Waals surface area contributed by atoms with Crippen molar-refractivity contribution in [3.63, 3.8) is 0 Å². The van der Waals surface area contributed by atoms with Crippen LogP contribution in [0.2, 0.25) is 0 Å². The maximum atomic E-state index is 10.5. The lowest BCUT2D eigenvalue weighted by Gasteiger charge is -2.35. The van der Waals surface area contributed by atoms with Crippen LogP contribution in [0.5, 0.6) is 0 Å². The lowest BCUT2D eigenvalue weighted by Crippen LogP contribution is -2.38. The molecule has 1 fully saturated rings. The van der Waals surface area contributed by atoms with Crippen molar-refractivity contribution in [2.45, 2.75) is 20.3 Å². The maximum absolute atomic E-state index is 10.5. The van der Waals surface area contributed by atoms with E-state index in [0.717, 1.165) is 18.8 Å². The molecule has 1 aromatic rings. The molecular formula is C12H17N3O2. The molecule has 5 heteroatoms. The molecule has 0 unspecified atom stereocenters. The summed E-state index contributed by atoms with van der Waals surface area (Å²) in [5, 5.41) is 10.5. The van der Waals surface area contributed by atoms with Gasteiger partial charge < -0.3 is 15.0 Å². The van der Waals surface area contributed by atoms with Crippen molar-refractivity contribution in [3.05, 3.63) is 28.4 Å². The number of nitro groups is 1. The summed E-state index contributed by atoms with van der Waals surface area (Å²) in [6.45, 7) is 6.48. The summed E-state index contributed by atoms with van der Waals surface area (Å²) in [7, 11) is 0. The summed E-state index contributed by atoms with van der Waals surface area (Å²) in [6.07, 6.45) is 2.85. The van der Waals surface area contributed by atoms with Crippen molar-refractivity contribution in [1.29, 1.82) is 0 Å². The van der Waals surface area contributed by atoms with Crippen LogP contribution in [0.1, 0.15) is 20.3 Å². The van der Waals surface area contributed by atoms with Gasteiger partial charge in [0.15, 0.2) is 6.20 Å². The summed E-state index contributed by atoms with van der Waals surface area (Å²) in [5.41, 5.74) is 0.981. The lowest BCUT2D eigenvalue weighted by atomic mass is 9.92. The van der Waals surface area contributed by atoms with Crippen LogP contribution in [0.3, 0.4) is 0 Å². The van der Waals surface area contributed by atoms with Crippen LogP contribution in [0.4, 0.5) is 11.5 Å². The first kappa shape index (κ1) is 11.8. The van der Waals surface area contributed by atoms with Crippen molar-refractivity contribution < 1.29 is 4.92 Å². The fraction of sp³-hybridized carbons (Fsp3) is 0.583. The highest BCUT2D eigenvalue weighted by Crippen LogP contribution is 2.26. The van der Waals surface area contributed by atoms with Crippen LogP contribution in [0, 0.1) is 22.0 Å². The monoisotopic (exact) mass is 235 g/mol. The second kappa shape index (κ2) is 4.69.